The largest absolute Gasteiger partial charge is 0.338 e. The van der Waals surface area contributed by atoms with Gasteiger partial charge in [-0.25, -0.2) is 0 Å². The average molecular weight is 235 g/mol. The Kier molecular flexibility index (Phi) is 3.41. The number of hydrogen-bond donors (Lipinski definition) is 1. The van der Waals surface area contributed by atoms with Crippen LogP contribution in [-0.4, -0.2) is 16.2 Å². The van der Waals surface area contributed by atoms with Crippen LogP contribution in [0.3, 0.4) is 0 Å². The topological polar surface area (TPSA) is 51.0 Å². The van der Waals surface area contributed by atoms with Crippen LogP contribution in [0, 0.1) is 0 Å². The maximum atomic E-state index is 5.31. The highest BCUT2D eigenvalue weighted by atomic mass is 16.5. The van der Waals surface area contributed by atoms with Crippen molar-refractivity contribution in [1.29, 1.82) is 0 Å². The molecule has 0 aromatic carbocycles. The normalized spacial score (nSPS) is 22.6. The van der Waals surface area contributed by atoms with Crippen molar-refractivity contribution in [2.45, 2.75) is 69.9 Å². The van der Waals surface area contributed by atoms with Crippen molar-refractivity contribution in [3.63, 3.8) is 0 Å². The molecule has 0 bridgehead atoms. The quantitative estimate of drug-likeness (QED) is 0.815. The molecule has 94 valence electrons. The lowest BCUT2D eigenvalue weighted by Crippen LogP contribution is -2.15. The summed E-state index contributed by atoms with van der Waals surface area (Å²) >= 11 is 0. The van der Waals surface area contributed by atoms with Gasteiger partial charge in [-0.15, -0.1) is 0 Å². The van der Waals surface area contributed by atoms with Gasteiger partial charge in [0.2, 0.25) is 5.89 Å². The van der Waals surface area contributed by atoms with E-state index in [1.807, 2.05) is 0 Å². The second kappa shape index (κ2) is 5.17. The first-order valence-corrected chi connectivity index (χ1v) is 6.97. The van der Waals surface area contributed by atoms with Crippen molar-refractivity contribution < 1.29 is 4.52 Å². The summed E-state index contributed by atoms with van der Waals surface area (Å²) in [6, 6.07) is 0.697. The minimum atomic E-state index is 0.538. The molecule has 2 fully saturated rings. The summed E-state index contributed by atoms with van der Waals surface area (Å²) in [5, 5.41) is 7.56. The number of rotatable bonds is 4. The third-order valence-corrected chi connectivity index (χ3v) is 3.82. The molecule has 3 rings (SSSR count). The SMILES string of the molecule is C1CCCC(c2noc(CNC3CC3)n2)CC1. The molecule has 0 atom stereocenters. The summed E-state index contributed by atoms with van der Waals surface area (Å²) in [6.45, 7) is 0.740. The summed E-state index contributed by atoms with van der Waals surface area (Å²) in [7, 11) is 0. The Balaban J connectivity index is 1.57. The fourth-order valence-electron chi connectivity index (χ4n) is 2.56. The van der Waals surface area contributed by atoms with Crippen LogP contribution in [-0.2, 0) is 6.54 Å². The highest BCUT2D eigenvalue weighted by molar-refractivity contribution is 4.96. The molecule has 1 aromatic rings. The van der Waals surface area contributed by atoms with Gasteiger partial charge in [-0.05, 0) is 25.7 Å². The third-order valence-electron chi connectivity index (χ3n) is 3.82. The van der Waals surface area contributed by atoms with Crippen LogP contribution >= 0.6 is 0 Å². The smallest absolute Gasteiger partial charge is 0.240 e. The number of nitrogens with zero attached hydrogens (tertiary/aromatic N) is 2. The Hall–Kier alpha value is -0.900. The van der Waals surface area contributed by atoms with Crippen molar-refractivity contribution in [3.05, 3.63) is 11.7 Å². The van der Waals surface area contributed by atoms with Crippen molar-refractivity contribution in [3.8, 4) is 0 Å². The molecule has 0 radical (unpaired) electrons. The highest BCUT2D eigenvalue weighted by Gasteiger charge is 2.23. The highest BCUT2D eigenvalue weighted by Crippen LogP contribution is 2.29. The van der Waals surface area contributed by atoms with E-state index in [9.17, 15) is 0 Å². The Bertz CT molecular complexity index is 351. The van der Waals surface area contributed by atoms with E-state index < -0.39 is 0 Å². The fourth-order valence-corrected chi connectivity index (χ4v) is 2.56. The van der Waals surface area contributed by atoms with E-state index in [2.05, 4.69) is 15.5 Å². The fraction of sp³-hybridized carbons (Fsp3) is 0.846. The third kappa shape index (κ3) is 3.06. The van der Waals surface area contributed by atoms with E-state index >= 15 is 0 Å². The molecule has 0 unspecified atom stereocenters. The van der Waals surface area contributed by atoms with E-state index in [4.69, 9.17) is 4.52 Å². The first-order chi connectivity index (χ1) is 8.42. The molecule has 0 spiro atoms. The molecular weight excluding hydrogens is 214 g/mol. The molecule has 0 aliphatic heterocycles. The standard InChI is InChI=1S/C13H21N3O/c1-2-4-6-10(5-3-1)13-15-12(17-16-13)9-14-11-7-8-11/h10-11,14H,1-9H2. The molecule has 17 heavy (non-hydrogen) atoms. The van der Waals surface area contributed by atoms with Gasteiger partial charge in [-0.2, -0.15) is 4.98 Å². The zero-order chi connectivity index (χ0) is 11.5. The average Bonchev–Trinajstić information content (AvgIpc) is 3.12. The first-order valence-electron chi connectivity index (χ1n) is 6.97. The molecule has 1 aromatic heterocycles. The summed E-state index contributed by atoms with van der Waals surface area (Å²) in [6.07, 6.45) is 10.4. The van der Waals surface area contributed by atoms with Gasteiger partial charge in [-0.1, -0.05) is 30.8 Å². The molecule has 2 aliphatic carbocycles. The zero-order valence-corrected chi connectivity index (χ0v) is 10.3. The minimum absolute atomic E-state index is 0.538. The van der Waals surface area contributed by atoms with E-state index in [-0.39, 0.29) is 0 Å². The van der Waals surface area contributed by atoms with Gasteiger partial charge in [0.15, 0.2) is 5.82 Å². The summed E-state index contributed by atoms with van der Waals surface area (Å²) < 4.78 is 5.31. The Morgan fingerprint density at radius 1 is 1.06 bits per heavy atom. The minimum Gasteiger partial charge on any atom is -0.338 e. The Labute approximate surface area is 102 Å². The van der Waals surface area contributed by atoms with Crippen molar-refractivity contribution in [1.82, 2.24) is 15.5 Å². The maximum Gasteiger partial charge on any atom is 0.240 e. The van der Waals surface area contributed by atoms with E-state index in [0.717, 1.165) is 18.3 Å². The molecule has 1 heterocycles. The van der Waals surface area contributed by atoms with Gasteiger partial charge in [0.1, 0.15) is 0 Å². The van der Waals surface area contributed by atoms with Crippen LogP contribution in [0.25, 0.3) is 0 Å². The maximum absolute atomic E-state index is 5.31. The lowest BCUT2D eigenvalue weighted by molar-refractivity contribution is 0.357. The van der Waals surface area contributed by atoms with Crippen LogP contribution in [0.5, 0.6) is 0 Å². The summed E-state index contributed by atoms with van der Waals surface area (Å²) in [4.78, 5) is 4.54. The zero-order valence-electron chi connectivity index (χ0n) is 10.3. The first kappa shape index (κ1) is 11.2. The predicted molar refractivity (Wildman–Crippen MR) is 64.6 cm³/mol. The molecule has 2 aliphatic rings. The molecular formula is C13H21N3O. The van der Waals surface area contributed by atoms with Gasteiger partial charge < -0.3 is 9.84 Å². The Morgan fingerprint density at radius 3 is 2.53 bits per heavy atom. The van der Waals surface area contributed by atoms with Crippen LogP contribution < -0.4 is 5.32 Å². The molecule has 2 saturated carbocycles. The van der Waals surface area contributed by atoms with Crippen LogP contribution in [0.2, 0.25) is 0 Å². The van der Waals surface area contributed by atoms with Gasteiger partial charge >= 0.3 is 0 Å². The second-order valence-corrected chi connectivity index (χ2v) is 5.39. The van der Waals surface area contributed by atoms with Crippen LogP contribution in [0.15, 0.2) is 4.52 Å². The van der Waals surface area contributed by atoms with Crippen molar-refractivity contribution in [2.75, 3.05) is 0 Å². The van der Waals surface area contributed by atoms with E-state index in [0.29, 0.717) is 12.0 Å². The van der Waals surface area contributed by atoms with Crippen LogP contribution in [0.4, 0.5) is 0 Å². The Morgan fingerprint density at radius 2 is 1.82 bits per heavy atom. The van der Waals surface area contributed by atoms with E-state index in [1.165, 1.54) is 51.4 Å². The lowest BCUT2D eigenvalue weighted by atomic mass is 10.00. The number of aromatic nitrogens is 2. The number of hydrogen-bond acceptors (Lipinski definition) is 4. The molecule has 0 saturated heterocycles. The summed E-state index contributed by atoms with van der Waals surface area (Å²) in [5.41, 5.74) is 0. The summed E-state index contributed by atoms with van der Waals surface area (Å²) in [5.74, 6) is 2.24. The monoisotopic (exact) mass is 235 g/mol. The van der Waals surface area contributed by atoms with Gasteiger partial charge in [0, 0.05) is 12.0 Å². The molecule has 0 amide bonds. The molecule has 4 nitrogen and oxygen atoms in total. The predicted octanol–water partition coefficient (Wildman–Crippen LogP) is 2.76. The van der Waals surface area contributed by atoms with Crippen LogP contribution in [0.1, 0.15) is 69.0 Å². The van der Waals surface area contributed by atoms with Crippen molar-refractivity contribution in [2.24, 2.45) is 0 Å². The van der Waals surface area contributed by atoms with Gasteiger partial charge in [0.05, 0.1) is 6.54 Å². The van der Waals surface area contributed by atoms with Gasteiger partial charge in [-0.3, -0.25) is 0 Å². The van der Waals surface area contributed by atoms with Gasteiger partial charge in [0.25, 0.3) is 0 Å². The van der Waals surface area contributed by atoms with E-state index in [1.54, 1.807) is 0 Å². The lowest BCUT2D eigenvalue weighted by Gasteiger charge is -2.07. The molecule has 1 N–H and O–H groups in total. The number of nitrogens with one attached hydrogen (secondary N) is 1. The molecule has 4 heteroatoms. The second-order valence-electron chi connectivity index (χ2n) is 5.39. The van der Waals surface area contributed by atoms with Crippen molar-refractivity contribution >= 4 is 0 Å².